The molecule has 2 aromatic rings. The Morgan fingerprint density at radius 1 is 1.40 bits per heavy atom. The number of nitrogens with zero attached hydrogens (tertiary/aromatic N) is 1. The SMILES string of the molecule is COc1ccc(C(=O)O)c(NC(=O)c2scnc2C)c1. The summed E-state index contributed by atoms with van der Waals surface area (Å²) in [7, 11) is 1.47. The Kier molecular flexibility index (Phi) is 3.99. The van der Waals surface area contributed by atoms with Gasteiger partial charge in [-0.1, -0.05) is 0 Å². The number of carboxylic acids is 1. The molecule has 0 unspecified atom stereocenters. The molecule has 1 amide bonds. The van der Waals surface area contributed by atoms with Crippen molar-refractivity contribution in [1.82, 2.24) is 4.98 Å². The van der Waals surface area contributed by atoms with Gasteiger partial charge in [0.1, 0.15) is 10.6 Å². The van der Waals surface area contributed by atoms with E-state index in [9.17, 15) is 9.59 Å². The van der Waals surface area contributed by atoms with Crippen LogP contribution in [0.15, 0.2) is 23.7 Å². The molecular weight excluding hydrogens is 280 g/mol. The van der Waals surface area contributed by atoms with E-state index in [0.717, 1.165) is 0 Å². The van der Waals surface area contributed by atoms with E-state index >= 15 is 0 Å². The van der Waals surface area contributed by atoms with E-state index in [4.69, 9.17) is 9.84 Å². The number of hydrogen-bond acceptors (Lipinski definition) is 5. The molecule has 0 atom stereocenters. The molecule has 0 saturated carbocycles. The van der Waals surface area contributed by atoms with Crippen molar-refractivity contribution >= 4 is 28.9 Å². The average Bonchev–Trinajstić information content (AvgIpc) is 2.84. The second kappa shape index (κ2) is 5.70. The number of carboxylic acid groups (broad SMARTS) is 1. The van der Waals surface area contributed by atoms with Crippen molar-refractivity contribution in [3.8, 4) is 5.75 Å². The second-order valence-electron chi connectivity index (χ2n) is 3.94. The third-order valence-corrected chi connectivity index (χ3v) is 3.58. The molecule has 2 rings (SSSR count). The Bertz CT molecular complexity index is 666. The number of carbonyl (C=O) groups is 2. The van der Waals surface area contributed by atoms with Crippen molar-refractivity contribution in [3.63, 3.8) is 0 Å². The van der Waals surface area contributed by atoms with E-state index in [1.54, 1.807) is 12.4 Å². The zero-order chi connectivity index (χ0) is 14.7. The number of anilines is 1. The summed E-state index contributed by atoms with van der Waals surface area (Å²) in [6, 6.07) is 4.38. The number of hydrogen-bond donors (Lipinski definition) is 2. The summed E-state index contributed by atoms with van der Waals surface area (Å²) < 4.78 is 5.03. The molecule has 0 aliphatic rings. The zero-order valence-corrected chi connectivity index (χ0v) is 11.7. The first-order valence-electron chi connectivity index (χ1n) is 5.65. The second-order valence-corrected chi connectivity index (χ2v) is 4.79. The predicted molar refractivity (Wildman–Crippen MR) is 74.8 cm³/mol. The highest BCUT2D eigenvalue weighted by Crippen LogP contribution is 2.24. The number of aromatic carboxylic acids is 1. The number of aryl methyl sites for hydroxylation is 1. The highest BCUT2D eigenvalue weighted by molar-refractivity contribution is 7.12. The molecule has 104 valence electrons. The predicted octanol–water partition coefficient (Wildman–Crippen LogP) is 2.41. The van der Waals surface area contributed by atoms with Gasteiger partial charge in [0.25, 0.3) is 5.91 Å². The standard InChI is InChI=1S/C13H12N2O4S/c1-7-11(20-6-14-7)12(16)15-10-5-8(19-2)3-4-9(10)13(17)18/h3-6H,1-2H3,(H,15,16)(H,17,18). The maximum Gasteiger partial charge on any atom is 0.337 e. The Labute approximate surface area is 119 Å². The van der Waals surface area contributed by atoms with Gasteiger partial charge in [-0.15, -0.1) is 11.3 Å². The van der Waals surface area contributed by atoms with Crippen molar-refractivity contribution in [2.75, 3.05) is 12.4 Å². The Balaban J connectivity index is 2.34. The number of aromatic nitrogens is 1. The highest BCUT2D eigenvalue weighted by atomic mass is 32.1. The minimum Gasteiger partial charge on any atom is -0.497 e. The molecule has 1 aromatic carbocycles. The molecule has 0 aliphatic heterocycles. The summed E-state index contributed by atoms with van der Waals surface area (Å²) in [5.74, 6) is -1.05. The van der Waals surface area contributed by atoms with Crippen molar-refractivity contribution in [2.24, 2.45) is 0 Å². The van der Waals surface area contributed by atoms with Gasteiger partial charge >= 0.3 is 5.97 Å². The lowest BCUT2D eigenvalue weighted by atomic mass is 10.1. The number of carbonyl (C=O) groups excluding carboxylic acids is 1. The zero-order valence-electron chi connectivity index (χ0n) is 10.8. The van der Waals surface area contributed by atoms with Crippen LogP contribution in [0.2, 0.25) is 0 Å². The normalized spacial score (nSPS) is 10.1. The summed E-state index contributed by atoms with van der Waals surface area (Å²) in [5, 5.41) is 11.7. The van der Waals surface area contributed by atoms with Crippen LogP contribution in [0.3, 0.4) is 0 Å². The molecule has 0 bridgehead atoms. The summed E-state index contributed by atoms with van der Waals surface area (Å²) in [6.07, 6.45) is 0. The minimum atomic E-state index is -1.12. The molecule has 0 saturated heterocycles. The van der Waals surface area contributed by atoms with Crippen LogP contribution < -0.4 is 10.1 Å². The third-order valence-electron chi connectivity index (χ3n) is 2.66. The number of rotatable bonds is 4. The van der Waals surface area contributed by atoms with Crippen LogP contribution in [-0.2, 0) is 0 Å². The van der Waals surface area contributed by atoms with Crippen LogP contribution in [0, 0.1) is 6.92 Å². The molecule has 1 heterocycles. The van der Waals surface area contributed by atoms with Gasteiger partial charge in [0.05, 0.1) is 29.6 Å². The van der Waals surface area contributed by atoms with Gasteiger partial charge < -0.3 is 15.2 Å². The van der Waals surface area contributed by atoms with Crippen LogP contribution in [0.5, 0.6) is 5.75 Å². The van der Waals surface area contributed by atoms with Crippen molar-refractivity contribution in [3.05, 3.63) is 39.8 Å². The molecule has 7 heteroatoms. The van der Waals surface area contributed by atoms with Gasteiger partial charge in [0.15, 0.2) is 0 Å². The van der Waals surface area contributed by atoms with E-state index in [1.807, 2.05) is 0 Å². The number of benzene rings is 1. The van der Waals surface area contributed by atoms with Crippen LogP contribution >= 0.6 is 11.3 Å². The minimum absolute atomic E-state index is 0.00122. The van der Waals surface area contributed by atoms with Crippen LogP contribution in [-0.4, -0.2) is 29.1 Å². The Morgan fingerprint density at radius 3 is 2.70 bits per heavy atom. The quantitative estimate of drug-likeness (QED) is 0.903. The van der Waals surface area contributed by atoms with Gasteiger partial charge in [-0.3, -0.25) is 4.79 Å². The summed E-state index contributed by atoms with van der Waals surface area (Å²) in [5.41, 5.74) is 2.36. The van der Waals surface area contributed by atoms with Gasteiger partial charge in [0.2, 0.25) is 0 Å². The fraction of sp³-hybridized carbons (Fsp3) is 0.154. The molecule has 0 radical (unpaired) electrons. The van der Waals surface area contributed by atoms with E-state index in [0.29, 0.717) is 16.3 Å². The number of amides is 1. The van der Waals surface area contributed by atoms with Gasteiger partial charge in [-0.25, -0.2) is 9.78 Å². The molecule has 0 fully saturated rings. The van der Waals surface area contributed by atoms with Crippen molar-refractivity contribution in [2.45, 2.75) is 6.92 Å². The summed E-state index contributed by atoms with van der Waals surface area (Å²) in [4.78, 5) is 27.7. The molecule has 0 aliphatic carbocycles. The molecular formula is C13H12N2O4S. The first-order chi connectivity index (χ1) is 9.52. The molecule has 2 N–H and O–H groups in total. The van der Waals surface area contributed by atoms with Crippen LogP contribution in [0.4, 0.5) is 5.69 Å². The highest BCUT2D eigenvalue weighted by Gasteiger charge is 2.17. The monoisotopic (exact) mass is 292 g/mol. The molecule has 20 heavy (non-hydrogen) atoms. The fourth-order valence-corrected chi connectivity index (χ4v) is 2.34. The first kappa shape index (κ1) is 14.0. The number of ether oxygens (including phenoxy) is 1. The van der Waals surface area contributed by atoms with Crippen molar-refractivity contribution < 1.29 is 19.4 Å². The molecule has 6 nitrogen and oxygen atoms in total. The maximum atomic E-state index is 12.1. The van der Waals surface area contributed by atoms with Gasteiger partial charge in [0, 0.05) is 6.07 Å². The molecule has 1 aromatic heterocycles. The number of methoxy groups -OCH3 is 1. The maximum absolute atomic E-state index is 12.1. The lowest BCUT2D eigenvalue weighted by Gasteiger charge is -2.09. The topological polar surface area (TPSA) is 88.5 Å². The van der Waals surface area contributed by atoms with E-state index < -0.39 is 5.97 Å². The van der Waals surface area contributed by atoms with E-state index in [1.165, 1.54) is 36.6 Å². The fourth-order valence-electron chi connectivity index (χ4n) is 1.64. The van der Waals surface area contributed by atoms with Crippen LogP contribution in [0.25, 0.3) is 0 Å². The average molecular weight is 292 g/mol. The number of nitrogens with one attached hydrogen (secondary N) is 1. The largest absolute Gasteiger partial charge is 0.497 e. The van der Waals surface area contributed by atoms with Crippen molar-refractivity contribution in [1.29, 1.82) is 0 Å². The summed E-state index contributed by atoms with van der Waals surface area (Å²) >= 11 is 1.20. The first-order valence-corrected chi connectivity index (χ1v) is 6.53. The number of thiazole rings is 1. The third kappa shape index (κ3) is 2.77. The van der Waals surface area contributed by atoms with E-state index in [-0.39, 0.29) is 17.2 Å². The molecule has 0 spiro atoms. The lowest BCUT2D eigenvalue weighted by molar-refractivity contribution is 0.0698. The Morgan fingerprint density at radius 2 is 2.15 bits per heavy atom. The van der Waals surface area contributed by atoms with E-state index in [2.05, 4.69) is 10.3 Å². The lowest BCUT2D eigenvalue weighted by Crippen LogP contribution is -2.14. The van der Waals surface area contributed by atoms with Gasteiger partial charge in [-0.05, 0) is 19.1 Å². The van der Waals surface area contributed by atoms with Crippen LogP contribution in [0.1, 0.15) is 25.7 Å². The Hall–Kier alpha value is -2.41. The van der Waals surface area contributed by atoms with Gasteiger partial charge in [-0.2, -0.15) is 0 Å². The summed E-state index contributed by atoms with van der Waals surface area (Å²) in [6.45, 7) is 1.72. The smallest absolute Gasteiger partial charge is 0.337 e.